The second kappa shape index (κ2) is 6.50. The highest BCUT2D eigenvalue weighted by atomic mass is 16.3. The summed E-state index contributed by atoms with van der Waals surface area (Å²) in [6.07, 6.45) is 5.80. The first kappa shape index (κ1) is 12.0. The molecule has 0 aliphatic heterocycles. The highest BCUT2D eigenvalue weighted by Crippen LogP contribution is 2.02. The first-order chi connectivity index (χ1) is 6.13. The number of aliphatic hydroxyl groups is 1. The maximum Gasteiger partial charge on any atom is 0.234 e. The molecule has 0 saturated carbocycles. The van der Waals surface area contributed by atoms with E-state index >= 15 is 0 Å². The van der Waals surface area contributed by atoms with Crippen LogP contribution in [0, 0.1) is 12.3 Å². The van der Waals surface area contributed by atoms with Crippen LogP contribution in [-0.2, 0) is 4.79 Å². The van der Waals surface area contributed by atoms with Crippen LogP contribution in [0.2, 0.25) is 0 Å². The smallest absolute Gasteiger partial charge is 0.234 e. The number of terminal acetylenes is 1. The Kier molecular flexibility index (Phi) is 5.99. The first-order valence-corrected chi connectivity index (χ1v) is 4.47. The molecule has 0 aliphatic carbocycles. The van der Waals surface area contributed by atoms with E-state index < -0.39 is 0 Å². The summed E-state index contributed by atoms with van der Waals surface area (Å²) >= 11 is 0. The Morgan fingerprint density at radius 2 is 2.23 bits per heavy atom. The molecule has 0 bridgehead atoms. The van der Waals surface area contributed by atoms with Gasteiger partial charge in [0.1, 0.15) is 0 Å². The van der Waals surface area contributed by atoms with Gasteiger partial charge in [-0.15, -0.1) is 6.42 Å². The number of hydrogen-bond donors (Lipinski definition) is 1. The zero-order valence-corrected chi connectivity index (χ0v) is 8.29. The average molecular weight is 183 g/mol. The molecule has 0 aromatic rings. The van der Waals surface area contributed by atoms with Gasteiger partial charge >= 0.3 is 0 Å². The molecule has 0 unspecified atom stereocenters. The molecule has 0 heterocycles. The van der Waals surface area contributed by atoms with E-state index in [4.69, 9.17) is 11.5 Å². The van der Waals surface area contributed by atoms with Gasteiger partial charge in [-0.05, 0) is 20.3 Å². The molecule has 3 heteroatoms. The van der Waals surface area contributed by atoms with Crippen LogP contribution in [0.25, 0.3) is 0 Å². The predicted octanol–water partition coefficient (Wildman–Crippen LogP) is 0.629. The Labute approximate surface area is 79.7 Å². The van der Waals surface area contributed by atoms with Gasteiger partial charge in [0.05, 0.1) is 6.42 Å². The van der Waals surface area contributed by atoms with Gasteiger partial charge in [0.15, 0.2) is 0 Å². The van der Waals surface area contributed by atoms with Crippen LogP contribution < -0.4 is 0 Å². The Bertz CT molecular complexity index is 194. The van der Waals surface area contributed by atoms with Crippen LogP contribution in [0.4, 0.5) is 0 Å². The highest BCUT2D eigenvalue weighted by molar-refractivity contribution is 5.78. The predicted molar refractivity (Wildman–Crippen MR) is 52.0 cm³/mol. The Morgan fingerprint density at radius 3 is 2.62 bits per heavy atom. The molecule has 74 valence electrons. The summed E-state index contributed by atoms with van der Waals surface area (Å²) in [5, 5.41) is 8.63. The molecule has 13 heavy (non-hydrogen) atoms. The van der Waals surface area contributed by atoms with Crippen LogP contribution in [0.5, 0.6) is 0 Å². The van der Waals surface area contributed by atoms with Gasteiger partial charge in [-0.3, -0.25) is 4.79 Å². The van der Waals surface area contributed by atoms with Gasteiger partial charge < -0.3 is 10.0 Å². The normalized spacial score (nSPS) is 9.77. The van der Waals surface area contributed by atoms with Crippen LogP contribution in [0.15, 0.2) is 0 Å². The fraction of sp³-hybridized carbons (Fsp3) is 0.700. The van der Waals surface area contributed by atoms with Crippen molar-refractivity contribution >= 4 is 5.91 Å². The van der Waals surface area contributed by atoms with Crippen molar-refractivity contribution in [2.45, 2.75) is 32.7 Å². The maximum absolute atomic E-state index is 11.4. The summed E-state index contributed by atoms with van der Waals surface area (Å²) in [4.78, 5) is 13.1. The zero-order valence-electron chi connectivity index (χ0n) is 8.29. The summed E-state index contributed by atoms with van der Waals surface area (Å²) in [6, 6.07) is 0.146. The minimum absolute atomic E-state index is 0.0362. The molecule has 0 atom stereocenters. The van der Waals surface area contributed by atoms with E-state index in [0.717, 1.165) is 0 Å². The quantitative estimate of drug-likeness (QED) is 0.635. The number of nitrogens with zero attached hydrogens (tertiary/aromatic N) is 1. The van der Waals surface area contributed by atoms with Gasteiger partial charge in [0.2, 0.25) is 5.91 Å². The van der Waals surface area contributed by atoms with Gasteiger partial charge in [0.25, 0.3) is 0 Å². The molecule has 0 aromatic carbocycles. The summed E-state index contributed by atoms with van der Waals surface area (Å²) in [5.41, 5.74) is 0. The topological polar surface area (TPSA) is 40.5 Å². The van der Waals surface area contributed by atoms with Crippen molar-refractivity contribution in [2.75, 3.05) is 13.2 Å². The van der Waals surface area contributed by atoms with E-state index in [1.165, 1.54) is 0 Å². The number of hydrogen-bond acceptors (Lipinski definition) is 2. The second-order valence-electron chi connectivity index (χ2n) is 3.14. The molecule has 3 nitrogen and oxygen atoms in total. The van der Waals surface area contributed by atoms with E-state index in [2.05, 4.69) is 5.92 Å². The van der Waals surface area contributed by atoms with Crippen LogP contribution in [0.1, 0.15) is 26.7 Å². The molecule has 0 aliphatic rings. The maximum atomic E-state index is 11.4. The fourth-order valence-electron chi connectivity index (χ4n) is 1.10. The van der Waals surface area contributed by atoms with Crippen molar-refractivity contribution in [3.8, 4) is 12.3 Å². The Balaban J connectivity index is 4.09. The Morgan fingerprint density at radius 1 is 1.62 bits per heavy atom. The highest BCUT2D eigenvalue weighted by Gasteiger charge is 2.14. The first-order valence-electron chi connectivity index (χ1n) is 4.47. The molecule has 1 amide bonds. The summed E-state index contributed by atoms with van der Waals surface area (Å²) in [6.45, 7) is 4.55. The van der Waals surface area contributed by atoms with Crippen molar-refractivity contribution in [1.29, 1.82) is 0 Å². The zero-order chi connectivity index (χ0) is 10.3. The molecule has 0 aromatic heterocycles. The van der Waals surface area contributed by atoms with Gasteiger partial charge in [-0.25, -0.2) is 0 Å². The Hall–Kier alpha value is -1.01. The average Bonchev–Trinajstić information content (AvgIpc) is 2.05. The van der Waals surface area contributed by atoms with E-state index in [0.29, 0.717) is 13.0 Å². The van der Waals surface area contributed by atoms with Crippen LogP contribution >= 0.6 is 0 Å². The summed E-state index contributed by atoms with van der Waals surface area (Å²) in [7, 11) is 0. The lowest BCUT2D eigenvalue weighted by Crippen LogP contribution is -2.37. The van der Waals surface area contributed by atoms with Gasteiger partial charge in [-0.1, -0.05) is 5.92 Å². The number of carbonyl (C=O) groups excluding carboxylic acids is 1. The molecule has 0 rings (SSSR count). The SMILES string of the molecule is C#CCC(=O)N(CCCO)C(C)C. The van der Waals surface area contributed by atoms with Crippen molar-refractivity contribution in [2.24, 2.45) is 0 Å². The number of rotatable bonds is 5. The van der Waals surface area contributed by atoms with Crippen LogP contribution in [-0.4, -0.2) is 35.1 Å². The van der Waals surface area contributed by atoms with E-state index in [1.54, 1.807) is 4.90 Å². The van der Waals surface area contributed by atoms with Crippen molar-refractivity contribution in [3.63, 3.8) is 0 Å². The molecule has 0 spiro atoms. The minimum Gasteiger partial charge on any atom is -0.396 e. The molecule has 1 N–H and O–H groups in total. The largest absolute Gasteiger partial charge is 0.396 e. The van der Waals surface area contributed by atoms with Crippen molar-refractivity contribution in [3.05, 3.63) is 0 Å². The van der Waals surface area contributed by atoms with Crippen LogP contribution in [0.3, 0.4) is 0 Å². The van der Waals surface area contributed by atoms with Crippen molar-refractivity contribution < 1.29 is 9.90 Å². The summed E-state index contributed by atoms with van der Waals surface area (Å²) in [5.74, 6) is 2.29. The van der Waals surface area contributed by atoms with E-state index in [9.17, 15) is 4.79 Å². The molecule has 0 fully saturated rings. The van der Waals surface area contributed by atoms with Gasteiger partial charge in [-0.2, -0.15) is 0 Å². The fourth-order valence-corrected chi connectivity index (χ4v) is 1.10. The molecule has 0 saturated heterocycles. The second-order valence-corrected chi connectivity index (χ2v) is 3.14. The van der Waals surface area contributed by atoms with E-state index in [-0.39, 0.29) is 25.0 Å². The van der Waals surface area contributed by atoms with E-state index in [1.807, 2.05) is 13.8 Å². The molecular formula is C10H17NO2. The number of amides is 1. The number of carbonyl (C=O) groups is 1. The third-order valence-corrected chi connectivity index (χ3v) is 1.75. The molecule has 0 radical (unpaired) electrons. The summed E-state index contributed by atoms with van der Waals surface area (Å²) < 4.78 is 0. The lowest BCUT2D eigenvalue weighted by atomic mass is 10.2. The third-order valence-electron chi connectivity index (χ3n) is 1.75. The lowest BCUT2D eigenvalue weighted by molar-refractivity contribution is -0.131. The van der Waals surface area contributed by atoms with Gasteiger partial charge in [0, 0.05) is 19.2 Å². The van der Waals surface area contributed by atoms with Crippen molar-refractivity contribution in [1.82, 2.24) is 4.90 Å². The standard InChI is InChI=1S/C10H17NO2/c1-4-6-10(13)11(9(2)3)7-5-8-12/h1,9,12H,5-8H2,2-3H3. The number of aliphatic hydroxyl groups excluding tert-OH is 1. The monoisotopic (exact) mass is 183 g/mol. The molecular weight excluding hydrogens is 166 g/mol. The minimum atomic E-state index is -0.0362. The lowest BCUT2D eigenvalue weighted by Gasteiger charge is -2.25. The third kappa shape index (κ3) is 4.54.